The van der Waals surface area contributed by atoms with Gasteiger partial charge in [-0.15, -0.1) is 0 Å². The van der Waals surface area contributed by atoms with Crippen molar-refractivity contribution < 1.29 is 9.59 Å². The summed E-state index contributed by atoms with van der Waals surface area (Å²) >= 11 is 1.36. The second-order valence-corrected chi connectivity index (χ2v) is 6.71. The minimum absolute atomic E-state index is 0.191. The molecule has 3 rings (SSSR count). The average molecular weight is 330 g/mol. The van der Waals surface area contributed by atoms with Crippen molar-refractivity contribution in [2.75, 3.05) is 13.1 Å². The first-order valence-electron chi connectivity index (χ1n) is 7.42. The van der Waals surface area contributed by atoms with Gasteiger partial charge in [0.25, 0.3) is 0 Å². The Morgan fingerprint density at radius 3 is 2.96 bits per heavy atom. The first-order chi connectivity index (χ1) is 11.1. The van der Waals surface area contributed by atoms with Gasteiger partial charge in [-0.25, -0.2) is 9.78 Å². The molecule has 1 aromatic carbocycles. The third-order valence-corrected chi connectivity index (χ3v) is 4.71. The number of amides is 3. The van der Waals surface area contributed by atoms with Crippen LogP contribution in [0.1, 0.15) is 12.5 Å². The summed E-state index contributed by atoms with van der Waals surface area (Å²) in [5.41, 5.74) is 2.16. The number of benzene rings is 1. The standard InChI is InChI=1S/C16H18N4O2S/c1-11-4-3-5-13(10-11)19-8-7-18-16(19)23-12(2)14(21)20-9-6-17-15(20)22/h3-5,7-8,10,12H,6,9H2,1-2H3,(H,17,22). The Hall–Kier alpha value is -2.28. The van der Waals surface area contributed by atoms with E-state index < -0.39 is 0 Å². The molecule has 2 aromatic rings. The monoisotopic (exact) mass is 330 g/mol. The summed E-state index contributed by atoms with van der Waals surface area (Å²) in [5.74, 6) is -0.191. The van der Waals surface area contributed by atoms with Crippen LogP contribution in [0.3, 0.4) is 0 Å². The molecule has 0 radical (unpaired) electrons. The molecule has 1 saturated heterocycles. The molecule has 23 heavy (non-hydrogen) atoms. The van der Waals surface area contributed by atoms with Crippen molar-refractivity contribution in [1.29, 1.82) is 0 Å². The number of nitrogens with zero attached hydrogens (tertiary/aromatic N) is 3. The molecule has 0 saturated carbocycles. The van der Waals surface area contributed by atoms with Crippen LogP contribution in [-0.4, -0.2) is 44.7 Å². The highest BCUT2D eigenvalue weighted by Gasteiger charge is 2.30. The van der Waals surface area contributed by atoms with Crippen molar-refractivity contribution in [3.63, 3.8) is 0 Å². The Kier molecular flexibility index (Phi) is 4.38. The molecule has 1 aliphatic heterocycles. The Morgan fingerprint density at radius 2 is 2.26 bits per heavy atom. The molecule has 6 nitrogen and oxygen atoms in total. The lowest BCUT2D eigenvalue weighted by atomic mass is 10.2. The highest BCUT2D eigenvalue weighted by molar-refractivity contribution is 8.00. The Balaban J connectivity index is 1.77. The van der Waals surface area contributed by atoms with Crippen molar-refractivity contribution in [3.05, 3.63) is 42.2 Å². The molecule has 3 amide bonds. The smallest absolute Gasteiger partial charge is 0.324 e. The fourth-order valence-electron chi connectivity index (χ4n) is 2.46. The number of aromatic nitrogens is 2. The maximum atomic E-state index is 12.4. The van der Waals surface area contributed by atoms with Crippen LogP contribution in [0.15, 0.2) is 41.8 Å². The van der Waals surface area contributed by atoms with E-state index in [0.717, 1.165) is 16.4 Å². The predicted molar refractivity (Wildman–Crippen MR) is 88.7 cm³/mol. The Labute approximate surface area is 138 Å². The van der Waals surface area contributed by atoms with Crippen LogP contribution in [0.25, 0.3) is 5.69 Å². The fraction of sp³-hybridized carbons (Fsp3) is 0.312. The highest BCUT2D eigenvalue weighted by atomic mass is 32.2. The maximum Gasteiger partial charge on any atom is 0.324 e. The van der Waals surface area contributed by atoms with Crippen LogP contribution in [0.5, 0.6) is 0 Å². The molecule has 0 aliphatic carbocycles. The largest absolute Gasteiger partial charge is 0.336 e. The third kappa shape index (κ3) is 3.24. The van der Waals surface area contributed by atoms with E-state index in [-0.39, 0.29) is 17.2 Å². The van der Waals surface area contributed by atoms with Gasteiger partial charge >= 0.3 is 6.03 Å². The van der Waals surface area contributed by atoms with E-state index in [1.807, 2.05) is 35.9 Å². The Morgan fingerprint density at radius 1 is 1.43 bits per heavy atom. The van der Waals surface area contributed by atoms with Crippen molar-refractivity contribution >= 4 is 23.7 Å². The molecule has 1 aliphatic rings. The third-order valence-electron chi connectivity index (χ3n) is 3.64. The van der Waals surface area contributed by atoms with Crippen LogP contribution < -0.4 is 5.32 Å². The fourth-order valence-corrected chi connectivity index (χ4v) is 3.41. The summed E-state index contributed by atoms with van der Waals surface area (Å²) in [6.07, 6.45) is 3.58. The van der Waals surface area contributed by atoms with Crippen LogP contribution in [0, 0.1) is 6.92 Å². The van der Waals surface area contributed by atoms with Gasteiger partial charge in [0.05, 0.1) is 5.25 Å². The van der Waals surface area contributed by atoms with Crippen LogP contribution >= 0.6 is 11.8 Å². The van der Waals surface area contributed by atoms with Gasteiger partial charge in [0.1, 0.15) is 0 Å². The summed E-state index contributed by atoms with van der Waals surface area (Å²) in [5, 5.41) is 2.99. The molecule has 0 bridgehead atoms. The van der Waals surface area contributed by atoms with Crippen LogP contribution in [0.4, 0.5) is 4.79 Å². The second kappa shape index (κ2) is 6.45. The molecule has 1 N–H and O–H groups in total. The molecular weight excluding hydrogens is 312 g/mol. The van der Waals surface area contributed by atoms with Gasteiger partial charge in [-0.1, -0.05) is 23.9 Å². The summed E-state index contributed by atoms with van der Waals surface area (Å²) in [6, 6.07) is 7.77. The number of hydrogen-bond donors (Lipinski definition) is 1. The van der Waals surface area contributed by atoms with E-state index in [0.29, 0.717) is 13.1 Å². The lowest BCUT2D eigenvalue weighted by molar-refractivity contribution is -0.126. The lowest BCUT2D eigenvalue weighted by Gasteiger charge is -2.17. The summed E-state index contributed by atoms with van der Waals surface area (Å²) in [4.78, 5) is 29.6. The summed E-state index contributed by atoms with van der Waals surface area (Å²) < 4.78 is 1.95. The van der Waals surface area contributed by atoms with E-state index in [9.17, 15) is 9.59 Å². The van der Waals surface area contributed by atoms with Gasteiger partial charge in [-0.05, 0) is 31.5 Å². The number of hydrogen-bond acceptors (Lipinski definition) is 4. The minimum atomic E-state index is -0.384. The van der Waals surface area contributed by atoms with E-state index in [1.54, 1.807) is 13.1 Å². The maximum absolute atomic E-state index is 12.4. The molecule has 1 unspecified atom stereocenters. The average Bonchev–Trinajstić information content (AvgIpc) is 3.15. The van der Waals surface area contributed by atoms with E-state index in [1.165, 1.54) is 16.7 Å². The topological polar surface area (TPSA) is 67.2 Å². The normalized spacial score (nSPS) is 15.6. The number of imidazole rings is 1. The number of aryl methyl sites for hydroxylation is 1. The van der Waals surface area contributed by atoms with E-state index in [4.69, 9.17) is 0 Å². The SMILES string of the molecule is Cc1cccc(-n2ccnc2SC(C)C(=O)N2CCNC2=O)c1. The zero-order valence-corrected chi connectivity index (χ0v) is 13.8. The quantitative estimate of drug-likeness (QED) is 0.873. The van der Waals surface area contributed by atoms with Gasteiger partial charge in [0.15, 0.2) is 5.16 Å². The van der Waals surface area contributed by atoms with E-state index in [2.05, 4.69) is 16.4 Å². The van der Waals surface area contributed by atoms with Gasteiger partial charge in [-0.3, -0.25) is 14.3 Å². The van der Waals surface area contributed by atoms with Crippen molar-refractivity contribution in [2.45, 2.75) is 24.3 Å². The molecule has 1 fully saturated rings. The van der Waals surface area contributed by atoms with Crippen molar-refractivity contribution in [2.24, 2.45) is 0 Å². The Bertz CT molecular complexity index is 743. The molecule has 0 spiro atoms. The van der Waals surface area contributed by atoms with E-state index >= 15 is 0 Å². The molecule has 2 heterocycles. The van der Waals surface area contributed by atoms with Crippen LogP contribution in [-0.2, 0) is 4.79 Å². The van der Waals surface area contributed by atoms with Crippen molar-refractivity contribution in [1.82, 2.24) is 19.8 Å². The second-order valence-electron chi connectivity index (χ2n) is 5.40. The number of imide groups is 1. The molecule has 1 aromatic heterocycles. The van der Waals surface area contributed by atoms with Gasteiger partial charge < -0.3 is 5.32 Å². The number of carbonyl (C=O) groups is 2. The molecular formula is C16H18N4O2S. The number of thioether (sulfide) groups is 1. The molecule has 7 heteroatoms. The molecule has 1 atom stereocenters. The first-order valence-corrected chi connectivity index (χ1v) is 8.30. The number of rotatable bonds is 4. The minimum Gasteiger partial charge on any atom is -0.336 e. The van der Waals surface area contributed by atoms with Crippen molar-refractivity contribution in [3.8, 4) is 5.69 Å². The number of nitrogens with one attached hydrogen (secondary N) is 1. The number of urea groups is 1. The molecule has 120 valence electrons. The first kappa shape index (κ1) is 15.6. The zero-order chi connectivity index (χ0) is 16.4. The summed E-state index contributed by atoms with van der Waals surface area (Å²) in [7, 11) is 0. The number of carbonyl (C=O) groups excluding carboxylic acids is 2. The van der Waals surface area contributed by atoms with Gasteiger partial charge in [0.2, 0.25) is 5.91 Å². The van der Waals surface area contributed by atoms with Crippen LogP contribution in [0.2, 0.25) is 0 Å². The summed E-state index contributed by atoms with van der Waals surface area (Å²) in [6.45, 7) is 4.77. The predicted octanol–water partition coefficient (Wildman–Crippen LogP) is 2.21. The van der Waals surface area contributed by atoms with Gasteiger partial charge in [0, 0.05) is 31.2 Å². The highest BCUT2D eigenvalue weighted by Crippen LogP contribution is 2.26. The van der Waals surface area contributed by atoms with Gasteiger partial charge in [-0.2, -0.15) is 0 Å². The zero-order valence-electron chi connectivity index (χ0n) is 13.0. The lowest BCUT2D eigenvalue weighted by Crippen LogP contribution is -2.39.